The van der Waals surface area contributed by atoms with Crippen molar-refractivity contribution in [3.05, 3.63) is 63.7 Å². The molecule has 0 aliphatic rings. The minimum atomic E-state index is -0.513. The normalized spacial score (nSPS) is 10.6. The summed E-state index contributed by atoms with van der Waals surface area (Å²) >= 11 is 0. The van der Waals surface area contributed by atoms with Crippen molar-refractivity contribution in [3.8, 4) is 0 Å². The number of anilines is 2. The first-order chi connectivity index (χ1) is 12.5. The molecule has 2 aromatic carbocycles. The average Bonchev–Trinajstić information content (AvgIpc) is 2.65. The molecule has 2 aromatic rings. The van der Waals surface area contributed by atoms with Crippen LogP contribution < -0.4 is 10.6 Å². The fourth-order valence-electron chi connectivity index (χ4n) is 2.70. The summed E-state index contributed by atoms with van der Waals surface area (Å²) < 4.78 is 0. The lowest BCUT2D eigenvalue weighted by Crippen LogP contribution is -2.22. The molecule has 2 rings (SSSR count). The van der Waals surface area contributed by atoms with E-state index < -0.39 is 10.8 Å². The Balaban J connectivity index is 2.22. The summed E-state index contributed by atoms with van der Waals surface area (Å²) in [5.74, 6) is -0.391. The topological polar surface area (TPSA) is 87.5 Å². The highest BCUT2D eigenvalue weighted by molar-refractivity contribution is 6.08. The van der Waals surface area contributed by atoms with Crippen molar-refractivity contribution >= 4 is 23.0 Å². The summed E-state index contributed by atoms with van der Waals surface area (Å²) in [6.45, 7) is 6.92. The number of hydrogen-bond acceptors (Lipinski definition) is 5. The molecule has 0 atom stereocenters. The maximum atomic E-state index is 12.6. The quantitative estimate of drug-likeness (QED) is 0.556. The molecule has 0 saturated carbocycles. The molecule has 0 heterocycles. The first kappa shape index (κ1) is 19.4. The molecule has 0 unspecified atom stereocenters. The zero-order valence-corrected chi connectivity index (χ0v) is 15.3. The van der Waals surface area contributed by atoms with Crippen LogP contribution in [0, 0.1) is 10.1 Å². The van der Waals surface area contributed by atoms with Crippen LogP contribution in [-0.2, 0) is 6.54 Å². The Bertz CT molecular complexity index is 788. The maximum absolute atomic E-state index is 12.6. The highest BCUT2D eigenvalue weighted by atomic mass is 16.6. The van der Waals surface area contributed by atoms with E-state index in [0.717, 1.165) is 25.2 Å². The van der Waals surface area contributed by atoms with Crippen LogP contribution in [0.25, 0.3) is 0 Å². The molecule has 0 fully saturated rings. The van der Waals surface area contributed by atoms with E-state index in [0.29, 0.717) is 11.4 Å². The number of nitrogens with one attached hydrogen (secondary N) is 2. The third-order valence-electron chi connectivity index (χ3n) is 4.21. The Morgan fingerprint density at radius 2 is 1.88 bits per heavy atom. The first-order valence-corrected chi connectivity index (χ1v) is 8.57. The molecule has 7 nitrogen and oxygen atoms in total. The minimum Gasteiger partial charge on any atom is -0.387 e. The molecule has 0 aliphatic carbocycles. The van der Waals surface area contributed by atoms with E-state index in [1.807, 2.05) is 18.2 Å². The number of carbonyl (C=O) groups is 1. The van der Waals surface area contributed by atoms with Gasteiger partial charge in [-0.05, 0) is 36.9 Å². The number of hydrogen-bond donors (Lipinski definition) is 2. The molecule has 0 spiro atoms. The van der Waals surface area contributed by atoms with Crippen molar-refractivity contribution in [3.63, 3.8) is 0 Å². The van der Waals surface area contributed by atoms with E-state index in [4.69, 9.17) is 0 Å². The van der Waals surface area contributed by atoms with E-state index in [1.165, 1.54) is 18.2 Å². The minimum absolute atomic E-state index is 0.121. The number of amides is 1. The van der Waals surface area contributed by atoms with Gasteiger partial charge in [-0.1, -0.05) is 26.0 Å². The summed E-state index contributed by atoms with van der Waals surface area (Å²) in [7, 11) is 1.67. The molecule has 0 aliphatic heterocycles. The van der Waals surface area contributed by atoms with Crippen LogP contribution in [-0.4, -0.2) is 35.9 Å². The Morgan fingerprint density at radius 3 is 2.50 bits per heavy atom. The number of non-ortho nitro benzene ring substituents is 1. The van der Waals surface area contributed by atoms with Crippen molar-refractivity contribution in [2.24, 2.45) is 0 Å². The fraction of sp³-hybridized carbons (Fsp3) is 0.316. The van der Waals surface area contributed by atoms with Crippen LogP contribution in [0.2, 0.25) is 0 Å². The van der Waals surface area contributed by atoms with Crippen molar-refractivity contribution in [2.45, 2.75) is 20.4 Å². The van der Waals surface area contributed by atoms with E-state index in [2.05, 4.69) is 29.4 Å². The highest BCUT2D eigenvalue weighted by Crippen LogP contribution is 2.23. The van der Waals surface area contributed by atoms with Gasteiger partial charge in [-0.3, -0.25) is 19.8 Å². The zero-order valence-electron chi connectivity index (χ0n) is 15.3. The lowest BCUT2D eigenvalue weighted by Gasteiger charge is -2.18. The van der Waals surface area contributed by atoms with E-state index in [1.54, 1.807) is 13.1 Å². The van der Waals surface area contributed by atoms with Gasteiger partial charge < -0.3 is 10.6 Å². The Hall–Kier alpha value is -2.93. The lowest BCUT2D eigenvalue weighted by molar-refractivity contribution is -0.384. The first-order valence-electron chi connectivity index (χ1n) is 8.57. The van der Waals surface area contributed by atoms with Gasteiger partial charge in [0.1, 0.15) is 0 Å². The number of nitrogens with zero attached hydrogens (tertiary/aromatic N) is 2. The number of rotatable bonds is 8. The fourth-order valence-corrected chi connectivity index (χ4v) is 2.70. The monoisotopic (exact) mass is 356 g/mol. The molecular weight excluding hydrogens is 332 g/mol. The van der Waals surface area contributed by atoms with Crippen molar-refractivity contribution in [1.82, 2.24) is 4.90 Å². The van der Waals surface area contributed by atoms with Gasteiger partial charge in [0.25, 0.3) is 11.6 Å². The second kappa shape index (κ2) is 8.96. The summed E-state index contributed by atoms with van der Waals surface area (Å²) in [6.07, 6.45) is 0. The van der Waals surface area contributed by atoms with Gasteiger partial charge in [0, 0.05) is 37.1 Å². The van der Waals surface area contributed by atoms with Crippen LogP contribution >= 0.6 is 0 Å². The van der Waals surface area contributed by atoms with Crippen LogP contribution in [0.1, 0.15) is 29.8 Å². The van der Waals surface area contributed by atoms with Gasteiger partial charge in [-0.25, -0.2) is 0 Å². The van der Waals surface area contributed by atoms with Gasteiger partial charge in [0.2, 0.25) is 0 Å². The number of benzene rings is 2. The van der Waals surface area contributed by atoms with Crippen molar-refractivity contribution < 1.29 is 9.72 Å². The third-order valence-corrected chi connectivity index (χ3v) is 4.21. The van der Waals surface area contributed by atoms with Crippen molar-refractivity contribution in [1.29, 1.82) is 0 Å². The van der Waals surface area contributed by atoms with Crippen LogP contribution in [0.5, 0.6) is 0 Å². The maximum Gasteiger partial charge on any atom is 0.270 e. The number of carbonyl (C=O) groups excluding carboxylic acids is 1. The summed E-state index contributed by atoms with van der Waals surface area (Å²) in [4.78, 5) is 25.4. The molecular formula is C19H24N4O3. The lowest BCUT2D eigenvalue weighted by atomic mass is 10.1. The van der Waals surface area contributed by atoms with Gasteiger partial charge in [0.05, 0.1) is 10.5 Å². The molecule has 0 radical (unpaired) electrons. The number of nitro benzene ring substituents is 1. The smallest absolute Gasteiger partial charge is 0.270 e. The second-order valence-electron chi connectivity index (χ2n) is 5.85. The van der Waals surface area contributed by atoms with E-state index in [-0.39, 0.29) is 11.3 Å². The molecule has 0 saturated heterocycles. The molecule has 1 amide bonds. The average molecular weight is 356 g/mol. The third kappa shape index (κ3) is 4.80. The van der Waals surface area contributed by atoms with Crippen LogP contribution in [0.3, 0.4) is 0 Å². The second-order valence-corrected chi connectivity index (χ2v) is 5.85. The SMILES string of the molecule is CCN(CC)Cc1cccc(NC(=O)c2cc([N+](=O)[O-])ccc2NC)c1. The summed E-state index contributed by atoms with van der Waals surface area (Å²) in [5.41, 5.74) is 2.40. The van der Waals surface area contributed by atoms with E-state index >= 15 is 0 Å². The standard InChI is InChI=1S/C19H24N4O3/c1-4-22(5-2)13-14-7-6-8-15(11-14)21-19(24)17-12-16(23(25)26)9-10-18(17)20-3/h6-12,20H,4-5,13H2,1-3H3,(H,21,24). The Labute approximate surface area is 153 Å². The van der Waals surface area contributed by atoms with E-state index in [9.17, 15) is 14.9 Å². The van der Waals surface area contributed by atoms with Gasteiger partial charge in [0.15, 0.2) is 0 Å². The van der Waals surface area contributed by atoms with Gasteiger partial charge in [-0.15, -0.1) is 0 Å². The zero-order chi connectivity index (χ0) is 19.1. The summed E-state index contributed by atoms with van der Waals surface area (Å²) in [5, 5.41) is 16.7. The van der Waals surface area contributed by atoms with Gasteiger partial charge in [-0.2, -0.15) is 0 Å². The van der Waals surface area contributed by atoms with Crippen LogP contribution in [0.4, 0.5) is 17.1 Å². The molecule has 0 bridgehead atoms. The van der Waals surface area contributed by atoms with Crippen LogP contribution in [0.15, 0.2) is 42.5 Å². The van der Waals surface area contributed by atoms with Gasteiger partial charge >= 0.3 is 0 Å². The Kier molecular flexibility index (Phi) is 6.68. The predicted molar refractivity (Wildman–Crippen MR) is 104 cm³/mol. The summed E-state index contributed by atoms with van der Waals surface area (Å²) in [6, 6.07) is 11.8. The predicted octanol–water partition coefficient (Wildman–Crippen LogP) is 3.73. The molecule has 7 heteroatoms. The molecule has 0 aromatic heterocycles. The van der Waals surface area contributed by atoms with Crippen molar-refractivity contribution in [2.75, 3.05) is 30.8 Å². The molecule has 138 valence electrons. The largest absolute Gasteiger partial charge is 0.387 e. The Morgan fingerprint density at radius 1 is 1.15 bits per heavy atom. The molecule has 2 N–H and O–H groups in total. The number of nitro groups is 1. The highest BCUT2D eigenvalue weighted by Gasteiger charge is 2.16. The molecule has 26 heavy (non-hydrogen) atoms.